The van der Waals surface area contributed by atoms with Gasteiger partial charge in [0.1, 0.15) is 0 Å². The Morgan fingerprint density at radius 3 is 2.56 bits per heavy atom. The van der Waals surface area contributed by atoms with Crippen LogP contribution in [0, 0.1) is 6.92 Å². The van der Waals surface area contributed by atoms with Gasteiger partial charge in [0.2, 0.25) is 0 Å². The van der Waals surface area contributed by atoms with E-state index < -0.39 is 5.60 Å². The first-order chi connectivity index (χ1) is 7.68. The maximum atomic E-state index is 10.4. The molecule has 1 heterocycles. The number of nitrogens with zero attached hydrogens (tertiary/aromatic N) is 2. The molecule has 0 radical (unpaired) electrons. The fourth-order valence-corrected chi connectivity index (χ4v) is 2.17. The highest BCUT2D eigenvalue weighted by Gasteiger charge is 2.28. The van der Waals surface area contributed by atoms with E-state index in [0.29, 0.717) is 18.4 Å². The lowest BCUT2D eigenvalue weighted by molar-refractivity contribution is 0.0375. The van der Waals surface area contributed by atoms with Gasteiger partial charge in [0.15, 0.2) is 5.82 Å². The van der Waals surface area contributed by atoms with Crippen molar-refractivity contribution in [1.29, 1.82) is 0 Å². The van der Waals surface area contributed by atoms with Crippen molar-refractivity contribution in [3.05, 3.63) is 5.82 Å². The average molecular weight is 225 g/mol. The molecule has 1 aliphatic carbocycles. The monoisotopic (exact) mass is 225 g/mol. The Morgan fingerprint density at radius 1 is 1.31 bits per heavy atom. The van der Waals surface area contributed by atoms with E-state index in [1.807, 2.05) is 0 Å². The number of nitrogens with one attached hydrogen (secondary N) is 1. The Bertz CT molecular complexity index is 330. The second-order valence-corrected chi connectivity index (χ2v) is 4.64. The first kappa shape index (κ1) is 11.4. The van der Waals surface area contributed by atoms with E-state index in [2.05, 4.69) is 15.5 Å². The number of hydrogen-bond donors (Lipinski definition) is 2. The lowest BCUT2D eigenvalue weighted by atomic mass is 9.95. The molecule has 0 atom stereocenters. The second-order valence-electron chi connectivity index (χ2n) is 4.64. The lowest BCUT2D eigenvalue weighted by Gasteiger charge is -2.26. The topological polar surface area (TPSA) is 71.2 Å². The molecule has 1 fully saturated rings. The van der Waals surface area contributed by atoms with Crippen molar-refractivity contribution < 1.29 is 9.63 Å². The van der Waals surface area contributed by atoms with Gasteiger partial charge in [0.25, 0.3) is 0 Å². The van der Waals surface area contributed by atoms with E-state index in [9.17, 15) is 5.11 Å². The van der Waals surface area contributed by atoms with Gasteiger partial charge in [-0.3, -0.25) is 0 Å². The molecule has 5 nitrogen and oxygen atoms in total. The van der Waals surface area contributed by atoms with Crippen molar-refractivity contribution in [2.75, 3.05) is 11.9 Å². The second kappa shape index (κ2) is 4.82. The molecular weight excluding hydrogens is 206 g/mol. The van der Waals surface area contributed by atoms with E-state index in [4.69, 9.17) is 4.52 Å². The van der Waals surface area contributed by atoms with Gasteiger partial charge in [-0.2, -0.15) is 4.98 Å². The summed E-state index contributed by atoms with van der Waals surface area (Å²) >= 11 is 0. The van der Waals surface area contributed by atoms with Crippen molar-refractivity contribution in [2.24, 2.45) is 0 Å². The third kappa shape index (κ3) is 2.95. The zero-order chi connectivity index (χ0) is 11.4. The maximum Gasteiger partial charge on any atom is 0.321 e. The average Bonchev–Trinajstić information content (AvgIpc) is 2.54. The fourth-order valence-electron chi connectivity index (χ4n) is 2.17. The standard InChI is InChI=1S/C11H19N3O2/c1-9-13-10(16-14-9)12-8-11(15)6-4-2-3-5-7-11/h15H,2-8H2,1H3,(H,12,13,14). The summed E-state index contributed by atoms with van der Waals surface area (Å²) < 4.78 is 4.95. The van der Waals surface area contributed by atoms with Crippen LogP contribution < -0.4 is 5.32 Å². The molecule has 5 heteroatoms. The van der Waals surface area contributed by atoms with E-state index in [-0.39, 0.29) is 0 Å². The minimum Gasteiger partial charge on any atom is -0.388 e. The van der Waals surface area contributed by atoms with Crippen LogP contribution in [0.5, 0.6) is 0 Å². The van der Waals surface area contributed by atoms with Crippen LogP contribution in [-0.2, 0) is 0 Å². The van der Waals surface area contributed by atoms with Gasteiger partial charge in [-0.15, -0.1) is 0 Å². The minimum absolute atomic E-state index is 0.398. The van der Waals surface area contributed by atoms with Crippen LogP contribution in [-0.4, -0.2) is 27.4 Å². The van der Waals surface area contributed by atoms with E-state index in [0.717, 1.165) is 25.7 Å². The van der Waals surface area contributed by atoms with Crippen LogP contribution in [0.2, 0.25) is 0 Å². The molecule has 2 N–H and O–H groups in total. The van der Waals surface area contributed by atoms with Gasteiger partial charge < -0.3 is 14.9 Å². The van der Waals surface area contributed by atoms with E-state index in [1.165, 1.54) is 12.8 Å². The van der Waals surface area contributed by atoms with Gasteiger partial charge in [-0.05, 0) is 19.8 Å². The Morgan fingerprint density at radius 2 is 2.00 bits per heavy atom. The van der Waals surface area contributed by atoms with E-state index in [1.54, 1.807) is 6.92 Å². The minimum atomic E-state index is -0.612. The summed E-state index contributed by atoms with van der Waals surface area (Å²) in [6, 6.07) is 0.398. The maximum absolute atomic E-state index is 10.4. The number of hydrogen-bond acceptors (Lipinski definition) is 5. The zero-order valence-corrected chi connectivity index (χ0v) is 9.70. The smallest absolute Gasteiger partial charge is 0.321 e. The first-order valence-corrected chi connectivity index (χ1v) is 5.95. The Hall–Kier alpha value is -1.10. The van der Waals surface area contributed by atoms with Crippen LogP contribution >= 0.6 is 0 Å². The number of aliphatic hydroxyl groups is 1. The summed E-state index contributed by atoms with van der Waals surface area (Å²) in [5.74, 6) is 0.607. The van der Waals surface area contributed by atoms with E-state index >= 15 is 0 Å². The number of anilines is 1. The van der Waals surface area contributed by atoms with Gasteiger partial charge in [-0.1, -0.05) is 30.8 Å². The Labute approximate surface area is 95.2 Å². The number of aryl methyl sites for hydroxylation is 1. The van der Waals surface area contributed by atoms with Crippen LogP contribution in [0.3, 0.4) is 0 Å². The van der Waals surface area contributed by atoms with Crippen LogP contribution in [0.4, 0.5) is 6.01 Å². The van der Waals surface area contributed by atoms with Gasteiger partial charge in [0, 0.05) is 6.54 Å². The van der Waals surface area contributed by atoms with Gasteiger partial charge in [-0.25, -0.2) is 0 Å². The third-order valence-corrected chi connectivity index (χ3v) is 3.13. The molecule has 0 bridgehead atoms. The summed E-state index contributed by atoms with van der Waals surface area (Å²) in [7, 11) is 0. The molecule has 0 unspecified atom stereocenters. The predicted molar refractivity (Wildman–Crippen MR) is 60.2 cm³/mol. The van der Waals surface area contributed by atoms with Gasteiger partial charge >= 0.3 is 6.01 Å². The van der Waals surface area contributed by atoms with Crippen LogP contribution in [0.1, 0.15) is 44.3 Å². The molecular formula is C11H19N3O2. The van der Waals surface area contributed by atoms with Crippen molar-refractivity contribution in [1.82, 2.24) is 10.1 Å². The molecule has 0 spiro atoms. The van der Waals surface area contributed by atoms with Crippen molar-refractivity contribution in [3.63, 3.8) is 0 Å². The highest BCUT2D eigenvalue weighted by molar-refractivity contribution is 5.19. The first-order valence-electron chi connectivity index (χ1n) is 5.95. The number of aromatic nitrogens is 2. The summed E-state index contributed by atoms with van der Waals surface area (Å²) in [4.78, 5) is 4.05. The molecule has 1 aliphatic rings. The van der Waals surface area contributed by atoms with Crippen molar-refractivity contribution >= 4 is 6.01 Å². The van der Waals surface area contributed by atoms with Crippen LogP contribution in [0.25, 0.3) is 0 Å². The predicted octanol–water partition coefficient (Wildman–Crippen LogP) is 1.88. The van der Waals surface area contributed by atoms with Crippen molar-refractivity contribution in [3.8, 4) is 0 Å². The normalized spacial score (nSPS) is 20.4. The Kier molecular flexibility index (Phi) is 3.43. The molecule has 16 heavy (non-hydrogen) atoms. The lowest BCUT2D eigenvalue weighted by Crippen LogP contribution is -2.36. The van der Waals surface area contributed by atoms with Crippen LogP contribution in [0.15, 0.2) is 4.52 Å². The summed E-state index contributed by atoms with van der Waals surface area (Å²) in [6.07, 6.45) is 6.35. The molecule has 1 saturated carbocycles. The fraction of sp³-hybridized carbons (Fsp3) is 0.818. The molecule has 1 aromatic rings. The molecule has 90 valence electrons. The van der Waals surface area contributed by atoms with Crippen molar-refractivity contribution in [2.45, 2.75) is 51.0 Å². The van der Waals surface area contributed by atoms with Gasteiger partial charge in [0.05, 0.1) is 5.60 Å². The third-order valence-electron chi connectivity index (χ3n) is 3.13. The molecule has 0 aliphatic heterocycles. The summed E-state index contributed by atoms with van der Waals surface area (Å²) in [5, 5.41) is 17.1. The number of rotatable bonds is 3. The molecule has 0 amide bonds. The zero-order valence-electron chi connectivity index (χ0n) is 9.70. The quantitative estimate of drug-likeness (QED) is 0.768. The molecule has 0 aromatic carbocycles. The SMILES string of the molecule is Cc1noc(NCC2(O)CCCCCC2)n1. The summed E-state index contributed by atoms with van der Waals surface area (Å²) in [6.45, 7) is 2.27. The Balaban J connectivity index is 1.87. The summed E-state index contributed by atoms with van der Waals surface area (Å²) in [5.41, 5.74) is -0.612. The highest BCUT2D eigenvalue weighted by atomic mass is 16.5. The molecule has 1 aromatic heterocycles. The molecule has 0 saturated heterocycles. The highest BCUT2D eigenvalue weighted by Crippen LogP contribution is 2.27. The molecule has 2 rings (SSSR count). The largest absolute Gasteiger partial charge is 0.388 e.